The fraction of sp³-hybridized carbons (Fsp3) is 0.765. The lowest BCUT2D eigenvalue weighted by Crippen LogP contribution is -2.40. The van der Waals surface area contributed by atoms with Crippen LogP contribution < -0.4 is 0 Å². The quantitative estimate of drug-likeness (QED) is 0.855. The molecule has 2 fully saturated rings. The highest BCUT2D eigenvalue weighted by molar-refractivity contribution is 7.09. The Kier molecular flexibility index (Phi) is 5.47. The number of rotatable bonds is 4. The van der Waals surface area contributed by atoms with Crippen LogP contribution in [0.5, 0.6) is 0 Å². The molecule has 1 unspecified atom stereocenters. The molecule has 0 radical (unpaired) electrons. The Balaban J connectivity index is 1.51. The predicted molar refractivity (Wildman–Crippen MR) is 89.9 cm³/mol. The molecular weight excluding hydrogens is 294 g/mol. The summed E-state index contributed by atoms with van der Waals surface area (Å²) in [7, 11) is 0. The highest BCUT2D eigenvalue weighted by atomic mass is 32.1. The molecule has 0 aromatic carbocycles. The Morgan fingerprint density at radius 3 is 2.86 bits per heavy atom. The van der Waals surface area contributed by atoms with E-state index >= 15 is 0 Å². The third kappa shape index (κ3) is 4.29. The van der Waals surface area contributed by atoms with Gasteiger partial charge in [-0.25, -0.2) is 4.98 Å². The second-order valence-corrected chi connectivity index (χ2v) is 7.78. The van der Waals surface area contributed by atoms with Crippen LogP contribution in [0.2, 0.25) is 0 Å². The first kappa shape index (κ1) is 15.9. The topological polar surface area (TPSA) is 36.4 Å². The van der Waals surface area contributed by atoms with Crippen LogP contribution in [0.3, 0.4) is 0 Å². The smallest absolute Gasteiger partial charge is 0.228 e. The molecule has 2 aliphatic heterocycles. The number of nitrogens with zero attached hydrogens (tertiary/aromatic N) is 3. The first-order valence-corrected chi connectivity index (χ1v) is 9.52. The van der Waals surface area contributed by atoms with E-state index in [0.29, 0.717) is 12.3 Å². The molecular formula is C17H27N3OS. The SMILES string of the molecule is CC1CCCN(C(=O)Cc2csc(CN3CCCCC3)n2)C1. The zero-order valence-electron chi connectivity index (χ0n) is 13.6. The fourth-order valence-corrected chi connectivity index (χ4v) is 4.33. The second kappa shape index (κ2) is 7.55. The van der Waals surface area contributed by atoms with Gasteiger partial charge in [-0.3, -0.25) is 9.69 Å². The van der Waals surface area contributed by atoms with Gasteiger partial charge in [-0.2, -0.15) is 0 Å². The Morgan fingerprint density at radius 2 is 2.09 bits per heavy atom. The van der Waals surface area contributed by atoms with E-state index in [1.54, 1.807) is 11.3 Å². The Hall–Kier alpha value is -0.940. The van der Waals surface area contributed by atoms with Crippen LogP contribution in [0.1, 0.15) is 49.7 Å². The molecule has 2 aliphatic rings. The van der Waals surface area contributed by atoms with Crippen LogP contribution >= 0.6 is 11.3 Å². The lowest BCUT2D eigenvalue weighted by molar-refractivity contribution is -0.132. The van der Waals surface area contributed by atoms with Crippen molar-refractivity contribution < 1.29 is 4.79 Å². The lowest BCUT2D eigenvalue weighted by atomic mass is 10.00. The number of likely N-dealkylation sites (tertiary alicyclic amines) is 2. The van der Waals surface area contributed by atoms with Crippen LogP contribution in [0.25, 0.3) is 0 Å². The Bertz CT molecular complexity index is 496. The van der Waals surface area contributed by atoms with E-state index in [2.05, 4.69) is 22.2 Å². The van der Waals surface area contributed by atoms with Crippen LogP contribution in [-0.4, -0.2) is 46.9 Å². The molecule has 1 atom stereocenters. The molecule has 0 N–H and O–H groups in total. The average Bonchev–Trinajstić information content (AvgIpc) is 2.95. The zero-order chi connectivity index (χ0) is 15.4. The Morgan fingerprint density at radius 1 is 1.27 bits per heavy atom. The van der Waals surface area contributed by atoms with Gasteiger partial charge in [0.05, 0.1) is 18.7 Å². The van der Waals surface area contributed by atoms with Gasteiger partial charge in [0.25, 0.3) is 0 Å². The molecule has 1 aromatic heterocycles. The zero-order valence-corrected chi connectivity index (χ0v) is 14.4. The number of carbonyl (C=O) groups excluding carboxylic acids is 1. The van der Waals surface area contributed by atoms with Crippen molar-refractivity contribution in [2.75, 3.05) is 26.2 Å². The normalized spacial score (nSPS) is 23.7. The lowest BCUT2D eigenvalue weighted by Gasteiger charge is -2.30. The van der Waals surface area contributed by atoms with Crippen LogP contribution in [0.15, 0.2) is 5.38 Å². The summed E-state index contributed by atoms with van der Waals surface area (Å²) in [4.78, 5) is 21.6. The summed E-state index contributed by atoms with van der Waals surface area (Å²) in [6, 6.07) is 0. The molecule has 3 rings (SSSR count). The van der Waals surface area contributed by atoms with E-state index in [-0.39, 0.29) is 5.91 Å². The molecule has 0 spiro atoms. The standard InChI is InChI=1S/C17H27N3OS/c1-14-6-5-9-20(11-14)17(21)10-15-13-22-16(18-15)12-19-7-3-2-4-8-19/h13-14H,2-12H2,1H3. The van der Waals surface area contributed by atoms with Gasteiger partial charge in [-0.15, -0.1) is 11.3 Å². The second-order valence-electron chi connectivity index (χ2n) is 6.83. The molecule has 0 saturated carbocycles. The van der Waals surface area contributed by atoms with Crippen LogP contribution in [-0.2, 0) is 17.8 Å². The van der Waals surface area contributed by atoms with Crippen molar-refractivity contribution in [2.45, 2.75) is 52.0 Å². The minimum atomic E-state index is 0.251. The van der Waals surface area contributed by atoms with E-state index in [9.17, 15) is 4.79 Å². The van der Waals surface area contributed by atoms with Crippen molar-refractivity contribution in [1.82, 2.24) is 14.8 Å². The average molecular weight is 321 g/mol. The summed E-state index contributed by atoms with van der Waals surface area (Å²) in [5.74, 6) is 0.893. The van der Waals surface area contributed by atoms with Gasteiger partial charge >= 0.3 is 0 Å². The number of aromatic nitrogens is 1. The number of thiazole rings is 1. The van der Waals surface area contributed by atoms with Crippen molar-refractivity contribution in [3.8, 4) is 0 Å². The molecule has 5 heteroatoms. The minimum absolute atomic E-state index is 0.251. The monoisotopic (exact) mass is 321 g/mol. The third-order valence-corrected chi connectivity index (χ3v) is 5.63. The van der Waals surface area contributed by atoms with Crippen molar-refractivity contribution in [2.24, 2.45) is 5.92 Å². The van der Waals surface area contributed by atoms with Gasteiger partial charge in [0.2, 0.25) is 5.91 Å². The summed E-state index contributed by atoms with van der Waals surface area (Å²) in [6.45, 7) is 7.43. The van der Waals surface area contributed by atoms with Crippen molar-refractivity contribution in [3.05, 3.63) is 16.1 Å². The molecule has 0 aliphatic carbocycles. The molecule has 4 nitrogen and oxygen atoms in total. The molecule has 3 heterocycles. The summed E-state index contributed by atoms with van der Waals surface area (Å²) in [6.07, 6.45) is 6.85. The van der Waals surface area contributed by atoms with E-state index < -0.39 is 0 Å². The van der Waals surface area contributed by atoms with Gasteiger partial charge < -0.3 is 4.90 Å². The Labute approximate surface area is 137 Å². The summed E-state index contributed by atoms with van der Waals surface area (Å²) < 4.78 is 0. The van der Waals surface area contributed by atoms with Gasteiger partial charge in [-0.05, 0) is 44.7 Å². The van der Waals surface area contributed by atoms with Gasteiger partial charge in [0.1, 0.15) is 5.01 Å². The highest BCUT2D eigenvalue weighted by Crippen LogP contribution is 2.19. The first-order chi connectivity index (χ1) is 10.7. The maximum Gasteiger partial charge on any atom is 0.228 e. The minimum Gasteiger partial charge on any atom is -0.342 e. The van der Waals surface area contributed by atoms with Crippen molar-refractivity contribution >= 4 is 17.2 Å². The molecule has 2 saturated heterocycles. The number of piperidine rings is 2. The van der Waals surface area contributed by atoms with Gasteiger partial charge in [0.15, 0.2) is 0 Å². The number of hydrogen-bond acceptors (Lipinski definition) is 4. The number of carbonyl (C=O) groups is 1. The number of hydrogen-bond donors (Lipinski definition) is 0. The summed E-state index contributed by atoms with van der Waals surface area (Å²) in [5, 5.41) is 3.24. The van der Waals surface area contributed by atoms with E-state index in [1.165, 1.54) is 38.8 Å². The van der Waals surface area contributed by atoms with Crippen molar-refractivity contribution in [1.29, 1.82) is 0 Å². The fourth-order valence-electron chi connectivity index (χ4n) is 3.49. The number of amides is 1. The largest absolute Gasteiger partial charge is 0.342 e. The predicted octanol–water partition coefficient (Wildman–Crippen LogP) is 2.93. The first-order valence-electron chi connectivity index (χ1n) is 8.64. The van der Waals surface area contributed by atoms with Crippen LogP contribution in [0.4, 0.5) is 0 Å². The maximum absolute atomic E-state index is 12.4. The van der Waals surface area contributed by atoms with Crippen molar-refractivity contribution in [3.63, 3.8) is 0 Å². The molecule has 1 aromatic rings. The summed E-state index contributed by atoms with van der Waals surface area (Å²) in [5.41, 5.74) is 0.959. The maximum atomic E-state index is 12.4. The van der Waals surface area contributed by atoms with Crippen LogP contribution in [0, 0.1) is 5.92 Å². The highest BCUT2D eigenvalue weighted by Gasteiger charge is 2.22. The van der Waals surface area contributed by atoms with Gasteiger partial charge in [-0.1, -0.05) is 13.3 Å². The third-order valence-electron chi connectivity index (χ3n) is 4.75. The molecule has 122 valence electrons. The van der Waals surface area contributed by atoms with E-state index in [4.69, 9.17) is 0 Å². The molecule has 1 amide bonds. The summed E-state index contributed by atoms with van der Waals surface area (Å²) >= 11 is 1.71. The van der Waals surface area contributed by atoms with E-state index in [1.807, 2.05) is 4.90 Å². The molecule has 22 heavy (non-hydrogen) atoms. The van der Waals surface area contributed by atoms with Gasteiger partial charge in [0, 0.05) is 18.5 Å². The molecule has 0 bridgehead atoms. The van der Waals surface area contributed by atoms with E-state index in [0.717, 1.165) is 36.8 Å².